The molecule has 1 aliphatic heterocycles. The van der Waals surface area contributed by atoms with E-state index in [1.807, 2.05) is 16.5 Å². The van der Waals surface area contributed by atoms with Crippen molar-refractivity contribution in [3.8, 4) is 0 Å². The molecule has 2 aromatic rings. The molecular formula is C17H23N5O. The topological polar surface area (TPSA) is 63.9 Å². The number of carbonyl (C=O) groups excluding carboxylic acids is 1. The lowest BCUT2D eigenvalue weighted by Crippen LogP contribution is -2.46. The van der Waals surface area contributed by atoms with Crippen LogP contribution in [0.15, 0.2) is 18.3 Å². The Morgan fingerprint density at radius 3 is 2.83 bits per heavy atom. The van der Waals surface area contributed by atoms with E-state index in [2.05, 4.69) is 28.1 Å². The van der Waals surface area contributed by atoms with Crippen LogP contribution in [0.1, 0.15) is 47.0 Å². The van der Waals surface area contributed by atoms with Crippen molar-refractivity contribution in [1.29, 1.82) is 0 Å². The Morgan fingerprint density at radius 2 is 2.13 bits per heavy atom. The molecule has 0 aromatic carbocycles. The van der Waals surface area contributed by atoms with Crippen LogP contribution >= 0.6 is 0 Å². The molecule has 0 spiro atoms. The van der Waals surface area contributed by atoms with Gasteiger partial charge in [-0.3, -0.25) is 9.48 Å². The number of amides is 1. The monoisotopic (exact) mass is 313 g/mol. The van der Waals surface area contributed by atoms with E-state index in [9.17, 15) is 4.79 Å². The summed E-state index contributed by atoms with van der Waals surface area (Å²) in [7, 11) is 0. The summed E-state index contributed by atoms with van der Waals surface area (Å²) in [5, 5.41) is 4.54. The van der Waals surface area contributed by atoms with E-state index in [1.54, 1.807) is 19.2 Å². The van der Waals surface area contributed by atoms with Gasteiger partial charge in [-0.15, -0.1) is 0 Å². The van der Waals surface area contributed by atoms with E-state index in [1.165, 1.54) is 0 Å². The average molecular weight is 313 g/mol. The summed E-state index contributed by atoms with van der Waals surface area (Å²) in [6.07, 6.45) is 4.85. The third kappa shape index (κ3) is 3.41. The minimum atomic E-state index is 0.00160. The molecule has 0 saturated carbocycles. The second-order valence-electron chi connectivity index (χ2n) is 6.25. The predicted molar refractivity (Wildman–Crippen MR) is 87.1 cm³/mol. The fraction of sp³-hybridized carbons (Fsp3) is 0.529. The minimum Gasteiger partial charge on any atom is -0.332 e. The van der Waals surface area contributed by atoms with Gasteiger partial charge in [0, 0.05) is 18.4 Å². The van der Waals surface area contributed by atoms with Crippen molar-refractivity contribution < 1.29 is 4.79 Å². The molecule has 1 atom stereocenters. The molecule has 3 rings (SSSR count). The number of aryl methyl sites for hydroxylation is 3. The highest BCUT2D eigenvalue weighted by atomic mass is 16.2. The van der Waals surface area contributed by atoms with Crippen LogP contribution < -0.4 is 0 Å². The molecule has 0 aliphatic carbocycles. The number of carbonyl (C=O) groups is 1. The summed E-state index contributed by atoms with van der Waals surface area (Å²) in [6.45, 7) is 7.39. The first kappa shape index (κ1) is 15.6. The lowest BCUT2D eigenvalue weighted by atomic mass is 10.0. The summed E-state index contributed by atoms with van der Waals surface area (Å²) in [6, 6.07) is 3.94. The molecule has 0 radical (unpaired) electrons. The first-order chi connectivity index (χ1) is 11.0. The molecule has 1 amide bonds. The quantitative estimate of drug-likeness (QED) is 0.872. The number of hydrogen-bond donors (Lipinski definition) is 0. The van der Waals surface area contributed by atoms with E-state index >= 15 is 0 Å². The Morgan fingerprint density at radius 1 is 1.30 bits per heavy atom. The van der Waals surface area contributed by atoms with Crippen molar-refractivity contribution in [2.75, 3.05) is 6.54 Å². The number of aromatic nitrogens is 4. The molecule has 0 bridgehead atoms. The zero-order valence-corrected chi connectivity index (χ0v) is 14.0. The van der Waals surface area contributed by atoms with E-state index in [0.717, 1.165) is 43.7 Å². The zero-order valence-electron chi connectivity index (χ0n) is 14.0. The van der Waals surface area contributed by atoms with Crippen LogP contribution in [-0.4, -0.2) is 43.1 Å². The average Bonchev–Trinajstić information content (AvgIpc) is 2.85. The second kappa shape index (κ2) is 6.48. The van der Waals surface area contributed by atoms with Gasteiger partial charge in [-0.25, -0.2) is 9.97 Å². The highest BCUT2D eigenvalue weighted by Crippen LogP contribution is 2.21. The van der Waals surface area contributed by atoms with Gasteiger partial charge < -0.3 is 4.90 Å². The summed E-state index contributed by atoms with van der Waals surface area (Å²) < 4.78 is 2.01. The van der Waals surface area contributed by atoms with Crippen molar-refractivity contribution >= 4 is 5.91 Å². The molecule has 122 valence electrons. The first-order valence-electron chi connectivity index (χ1n) is 8.16. The lowest BCUT2D eigenvalue weighted by molar-refractivity contribution is 0.0576. The Balaban J connectivity index is 1.81. The molecular weight excluding hydrogens is 290 g/mol. The second-order valence-corrected chi connectivity index (χ2v) is 6.25. The van der Waals surface area contributed by atoms with Gasteiger partial charge >= 0.3 is 0 Å². The van der Waals surface area contributed by atoms with Gasteiger partial charge in [0.05, 0.1) is 18.3 Å². The standard InChI is InChI=1S/C17H23N5O/c1-12-10-13(2)22(20-12)11-15-6-4-5-9-21(15)17(23)16-7-8-18-14(3)19-16/h7-8,10,15H,4-6,9,11H2,1-3H3/t15-/m1/s1. The molecule has 1 aliphatic rings. The largest absolute Gasteiger partial charge is 0.332 e. The smallest absolute Gasteiger partial charge is 0.272 e. The Bertz CT molecular complexity index is 709. The molecule has 2 aromatic heterocycles. The van der Waals surface area contributed by atoms with E-state index in [0.29, 0.717) is 11.5 Å². The van der Waals surface area contributed by atoms with Crippen molar-refractivity contribution in [3.63, 3.8) is 0 Å². The zero-order chi connectivity index (χ0) is 16.4. The van der Waals surface area contributed by atoms with Gasteiger partial charge in [-0.05, 0) is 52.2 Å². The van der Waals surface area contributed by atoms with Gasteiger partial charge in [0.25, 0.3) is 5.91 Å². The van der Waals surface area contributed by atoms with Gasteiger partial charge in [0.2, 0.25) is 0 Å². The molecule has 1 saturated heterocycles. The van der Waals surface area contributed by atoms with Crippen LogP contribution in [0.3, 0.4) is 0 Å². The third-order valence-electron chi connectivity index (χ3n) is 4.37. The number of likely N-dealkylation sites (tertiary alicyclic amines) is 1. The van der Waals surface area contributed by atoms with Crippen molar-refractivity contribution in [2.24, 2.45) is 0 Å². The molecule has 0 N–H and O–H groups in total. The van der Waals surface area contributed by atoms with E-state index in [4.69, 9.17) is 0 Å². The van der Waals surface area contributed by atoms with Crippen molar-refractivity contribution in [1.82, 2.24) is 24.6 Å². The van der Waals surface area contributed by atoms with Crippen molar-refractivity contribution in [3.05, 3.63) is 41.2 Å². The van der Waals surface area contributed by atoms with Crippen LogP contribution in [0.2, 0.25) is 0 Å². The molecule has 6 nitrogen and oxygen atoms in total. The van der Waals surface area contributed by atoms with E-state index < -0.39 is 0 Å². The maximum Gasteiger partial charge on any atom is 0.272 e. The highest BCUT2D eigenvalue weighted by molar-refractivity contribution is 5.92. The fourth-order valence-electron chi connectivity index (χ4n) is 3.24. The van der Waals surface area contributed by atoms with E-state index in [-0.39, 0.29) is 11.9 Å². The first-order valence-corrected chi connectivity index (χ1v) is 8.16. The highest BCUT2D eigenvalue weighted by Gasteiger charge is 2.29. The predicted octanol–water partition coefficient (Wildman–Crippen LogP) is 2.29. The van der Waals surface area contributed by atoms with Crippen LogP contribution in [0.25, 0.3) is 0 Å². The van der Waals surface area contributed by atoms with Crippen LogP contribution in [-0.2, 0) is 6.54 Å². The summed E-state index contributed by atoms with van der Waals surface area (Å²) in [5.41, 5.74) is 2.64. The van der Waals surface area contributed by atoms with Crippen LogP contribution in [0, 0.1) is 20.8 Å². The van der Waals surface area contributed by atoms with Crippen LogP contribution in [0.4, 0.5) is 0 Å². The maximum absolute atomic E-state index is 12.8. The van der Waals surface area contributed by atoms with Gasteiger partial charge in [0.15, 0.2) is 0 Å². The third-order valence-corrected chi connectivity index (χ3v) is 4.37. The molecule has 1 fully saturated rings. The summed E-state index contributed by atoms with van der Waals surface area (Å²) >= 11 is 0. The summed E-state index contributed by atoms with van der Waals surface area (Å²) in [5.74, 6) is 0.629. The number of rotatable bonds is 3. The Labute approximate surface area is 136 Å². The van der Waals surface area contributed by atoms with Gasteiger partial charge in [-0.1, -0.05) is 0 Å². The lowest BCUT2D eigenvalue weighted by Gasteiger charge is -2.35. The SMILES string of the molecule is Cc1cc(C)n(C[C@H]2CCCCN2C(=O)c2ccnc(C)n2)n1. The fourth-order valence-corrected chi connectivity index (χ4v) is 3.24. The molecule has 3 heterocycles. The number of nitrogens with zero attached hydrogens (tertiary/aromatic N) is 5. The minimum absolute atomic E-state index is 0.00160. The normalized spacial score (nSPS) is 18.2. The maximum atomic E-state index is 12.8. The van der Waals surface area contributed by atoms with Crippen LogP contribution in [0.5, 0.6) is 0 Å². The molecule has 6 heteroatoms. The van der Waals surface area contributed by atoms with Gasteiger partial charge in [0.1, 0.15) is 11.5 Å². The Hall–Kier alpha value is -2.24. The van der Waals surface area contributed by atoms with Gasteiger partial charge in [-0.2, -0.15) is 5.10 Å². The molecule has 0 unspecified atom stereocenters. The number of hydrogen-bond acceptors (Lipinski definition) is 4. The molecule has 23 heavy (non-hydrogen) atoms. The Kier molecular flexibility index (Phi) is 4.41. The summed E-state index contributed by atoms with van der Waals surface area (Å²) in [4.78, 5) is 23.2. The van der Waals surface area contributed by atoms with Crippen molar-refractivity contribution in [2.45, 2.75) is 52.6 Å². The number of piperidine rings is 1.